The van der Waals surface area contributed by atoms with Crippen LogP contribution in [0, 0.1) is 5.82 Å². The molecule has 1 heterocycles. The summed E-state index contributed by atoms with van der Waals surface area (Å²) in [6, 6.07) is 4.92. The van der Waals surface area contributed by atoms with Gasteiger partial charge in [0, 0.05) is 11.1 Å². The molecule has 0 aromatic heterocycles. The Hall–Kier alpha value is -1.42. The predicted octanol–water partition coefficient (Wildman–Crippen LogP) is 4.44. The summed E-state index contributed by atoms with van der Waals surface area (Å²) < 4.78 is 19.0. The van der Waals surface area contributed by atoms with Crippen LogP contribution in [0.15, 0.2) is 45.7 Å². The fraction of sp³-hybridized carbons (Fsp3) is 0.312. The number of rotatable bonds is 2. The Kier molecular flexibility index (Phi) is 3.74. The molecule has 0 atom stereocenters. The zero-order valence-electron chi connectivity index (χ0n) is 10.9. The summed E-state index contributed by atoms with van der Waals surface area (Å²) in [6.07, 6.45) is 6.46. The molecule has 2 aliphatic rings. The largest absolute Gasteiger partial charge is 0.423 e. The van der Waals surface area contributed by atoms with Gasteiger partial charge in [-0.1, -0.05) is 6.07 Å². The summed E-state index contributed by atoms with van der Waals surface area (Å²) >= 11 is 3.17. The normalized spacial score (nSPS) is 20.3. The monoisotopic (exact) mass is 336 g/mol. The predicted molar refractivity (Wildman–Crippen MR) is 77.5 cm³/mol. The lowest BCUT2D eigenvalue weighted by atomic mass is 9.92. The third-order valence-electron chi connectivity index (χ3n) is 3.72. The average Bonchev–Trinajstić information content (AvgIpc) is 2.78. The molecule has 1 aliphatic heterocycles. The molecule has 20 heavy (non-hydrogen) atoms. The highest BCUT2D eigenvalue weighted by Gasteiger charge is 2.30. The van der Waals surface area contributed by atoms with Gasteiger partial charge in [0.2, 0.25) is 0 Å². The average molecular weight is 337 g/mol. The van der Waals surface area contributed by atoms with E-state index >= 15 is 0 Å². The van der Waals surface area contributed by atoms with Crippen LogP contribution in [0.1, 0.15) is 31.2 Å². The van der Waals surface area contributed by atoms with Crippen LogP contribution in [-0.2, 0) is 16.0 Å². The first-order valence-electron chi connectivity index (χ1n) is 6.74. The van der Waals surface area contributed by atoms with Gasteiger partial charge in [0.05, 0.1) is 4.47 Å². The van der Waals surface area contributed by atoms with Crippen molar-refractivity contribution in [2.24, 2.45) is 0 Å². The molecular weight excluding hydrogens is 323 g/mol. The summed E-state index contributed by atoms with van der Waals surface area (Å²) in [7, 11) is 0. The first-order valence-corrected chi connectivity index (χ1v) is 7.53. The molecule has 0 bridgehead atoms. The zero-order valence-corrected chi connectivity index (χ0v) is 12.5. The van der Waals surface area contributed by atoms with E-state index < -0.39 is 0 Å². The van der Waals surface area contributed by atoms with Gasteiger partial charge >= 0.3 is 5.97 Å². The van der Waals surface area contributed by atoms with Gasteiger partial charge in [0.15, 0.2) is 0 Å². The number of carbonyl (C=O) groups excluding carboxylic acids is 1. The SMILES string of the molecule is O=C1OC(=CCc2ccc(F)c(Br)c2)C2=C1CCCC2. The number of carbonyl (C=O) groups is 1. The molecule has 0 fully saturated rings. The smallest absolute Gasteiger partial charge is 0.339 e. The summed E-state index contributed by atoms with van der Waals surface area (Å²) in [5.74, 6) is 0.238. The van der Waals surface area contributed by atoms with Crippen LogP contribution in [0.3, 0.4) is 0 Å². The van der Waals surface area contributed by atoms with Gasteiger partial charge in [-0.25, -0.2) is 9.18 Å². The maximum atomic E-state index is 13.2. The number of benzene rings is 1. The lowest BCUT2D eigenvalue weighted by Crippen LogP contribution is -2.01. The Morgan fingerprint density at radius 1 is 1.25 bits per heavy atom. The lowest BCUT2D eigenvalue weighted by Gasteiger charge is -2.10. The van der Waals surface area contributed by atoms with E-state index in [1.165, 1.54) is 6.07 Å². The van der Waals surface area contributed by atoms with Crippen LogP contribution in [-0.4, -0.2) is 5.97 Å². The molecule has 0 spiro atoms. The highest BCUT2D eigenvalue weighted by molar-refractivity contribution is 9.10. The Morgan fingerprint density at radius 2 is 2.00 bits per heavy atom. The first-order chi connectivity index (χ1) is 9.65. The van der Waals surface area contributed by atoms with Crippen LogP contribution in [0.25, 0.3) is 0 Å². The fourth-order valence-corrected chi connectivity index (χ4v) is 3.09. The summed E-state index contributed by atoms with van der Waals surface area (Å²) in [5, 5.41) is 0. The van der Waals surface area contributed by atoms with Gasteiger partial charge in [-0.05, 0) is 71.8 Å². The number of hydrogen-bond donors (Lipinski definition) is 0. The highest BCUT2D eigenvalue weighted by Crippen LogP contribution is 2.36. The molecule has 0 N–H and O–H groups in total. The number of esters is 1. The quantitative estimate of drug-likeness (QED) is 0.746. The second-order valence-electron chi connectivity index (χ2n) is 5.07. The van der Waals surface area contributed by atoms with Gasteiger partial charge in [0.25, 0.3) is 0 Å². The minimum atomic E-state index is -0.272. The van der Waals surface area contributed by atoms with E-state index in [0.29, 0.717) is 16.7 Å². The van der Waals surface area contributed by atoms with Crippen molar-refractivity contribution < 1.29 is 13.9 Å². The van der Waals surface area contributed by atoms with E-state index in [0.717, 1.165) is 42.4 Å². The minimum absolute atomic E-state index is 0.189. The van der Waals surface area contributed by atoms with Crippen molar-refractivity contribution in [3.05, 3.63) is 57.0 Å². The molecule has 104 valence electrons. The van der Waals surface area contributed by atoms with Crippen molar-refractivity contribution in [2.75, 3.05) is 0 Å². The molecular formula is C16H14BrFO2. The Bertz CT molecular complexity index is 631. The number of halogens is 2. The number of allylic oxidation sites excluding steroid dienone is 2. The maximum Gasteiger partial charge on any atom is 0.339 e. The van der Waals surface area contributed by atoms with Crippen LogP contribution < -0.4 is 0 Å². The fourth-order valence-electron chi connectivity index (χ4n) is 2.67. The van der Waals surface area contributed by atoms with Gasteiger partial charge in [-0.2, -0.15) is 0 Å². The Labute approximate surface area is 125 Å². The van der Waals surface area contributed by atoms with Crippen LogP contribution >= 0.6 is 15.9 Å². The van der Waals surface area contributed by atoms with E-state index in [9.17, 15) is 9.18 Å². The molecule has 4 heteroatoms. The Morgan fingerprint density at radius 3 is 2.75 bits per heavy atom. The van der Waals surface area contributed by atoms with E-state index in [4.69, 9.17) is 4.74 Å². The van der Waals surface area contributed by atoms with Crippen molar-refractivity contribution in [3.63, 3.8) is 0 Å². The number of hydrogen-bond acceptors (Lipinski definition) is 2. The topological polar surface area (TPSA) is 26.3 Å². The van der Waals surface area contributed by atoms with Gasteiger partial charge < -0.3 is 4.74 Å². The standard InChI is InChI=1S/C16H14BrFO2/c17-13-9-10(5-7-14(13)18)6-8-15-11-3-1-2-4-12(11)16(19)20-15/h5,7-9H,1-4,6H2. The third-order valence-corrected chi connectivity index (χ3v) is 4.33. The van der Waals surface area contributed by atoms with Crippen molar-refractivity contribution in [1.29, 1.82) is 0 Å². The molecule has 0 saturated heterocycles. The molecule has 0 radical (unpaired) electrons. The number of cyclic esters (lactones) is 1. The van der Waals surface area contributed by atoms with Crippen LogP contribution in [0.5, 0.6) is 0 Å². The van der Waals surface area contributed by atoms with Gasteiger partial charge in [-0.3, -0.25) is 0 Å². The van der Waals surface area contributed by atoms with E-state index in [2.05, 4.69) is 15.9 Å². The first kappa shape index (κ1) is 13.6. The molecule has 3 rings (SSSR count). The number of ether oxygens (including phenoxy) is 1. The van der Waals surface area contributed by atoms with Crippen molar-refractivity contribution in [1.82, 2.24) is 0 Å². The third kappa shape index (κ3) is 2.57. The molecule has 1 aliphatic carbocycles. The minimum Gasteiger partial charge on any atom is -0.423 e. The van der Waals surface area contributed by atoms with E-state index in [1.54, 1.807) is 12.1 Å². The van der Waals surface area contributed by atoms with Crippen molar-refractivity contribution in [3.8, 4) is 0 Å². The van der Waals surface area contributed by atoms with E-state index in [1.807, 2.05) is 6.08 Å². The molecule has 0 saturated carbocycles. The molecule has 0 unspecified atom stereocenters. The van der Waals surface area contributed by atoms with Crippen molar-refractivity contribution in [2.45, 2.75) is 32.1 Å². The summed E-state index contributed by atoms with van der Waals surface area (Å²) in [6.45, 7) is 0. The highest BCUT2D eigenvalue weighted by atomic mass is 79.9. The molecule has 1 aromatic carbocycles. The van der Waals surface area contributed by atoms with Crippen LogP contribution in [0.2, 0.25) is 0 Å². The maximum absolute atomic E-state index is 13.2. The van der Waals surface area contributed by atoms with E-state index in [-0.39, 0.29) is 11.8 Å². The second kappa shape index (κ2) is 5.52. The Balaban J connectivity index is 1.81. The molecule has 1 aromatic rings. The summed E-state index contributed by atoms with van der Waals surface area (Å²) in [4.78, 5) is 11.8. The lowest BCUT2D eigenvalue weighted by molar-refractivity contribution is -0.133. The zero-order chi connectivity index (χ0) is 14.1. The molecule has 0 amide bonds. The van der Waals surface area contributed by atoms with Crippen molar-refractivity contribution >= 4 is 21.9 Å². The summed E-state index contributed by atoms with van der Waals surface area (Å²) in [5.41, 5.74) is 2.90. The second-order valence-corrected chi connectivity index (χ2v) is 5.93. The van der Waals surface area contributed by atoms with Gasteiger partial charge in [-0.15, -0.1) is 0 Å². The molecule has 2 nitrogen and oxygen atoms in total. The van der Waals surface area contributed by atoms with Gasteiger partial charge in [0.1, 0.15) is 11.6 Å². The van der Waals surface area contributed by atoms with Crippen LogP contribution in [0.4, 0.5) is 4.39 Å².